The van der Waals surface area contributed by atoms with Gasteiger partial charge in [-0.2, -0.15) is 17.5 Å². The van der Waals surface area contributed by atoms with Gasteiger partial charge in [-0.05, 0) is 121 Å². The Bertz CT molecular complexity index is 3930. The Hall–Kier alpha value is -4.00. The van der Waals surface area contributed by atoms with E-state index in [1.165, 1.54) is 168 Å². The molecular formula is C78H102N4O4S8. The number of carbonyl (C=O) groups excluding carboxylic acids is 2. The third kappa shape index (κ3) is 14.3. The van der Waals surface area contributed by atoms with Gasteiger partial charge in [0.15, 0.2) is 12.6 Å². The summed E-state index contributed by atoms with van der Waals surface area (Å²) in [7, 11) is 0. The third-order valence-corrected chi connectivity index (χ3v) is 29.7. The highest BCUT2D eigenvalue weighted by molar-refractivity contribution is 7.58. The fraction of sp³-hybridized carbons (Fsp3) is 0.590. The fourth-order valence-corrected chi connectivity index (χ4v) is 24.5. The molecule has 0 radical (unpaired) electrons. The van der Waals surface area contributed by atoms with Crippen LogP contribution in [0.4, 0.5) is 11.4 Å². The van der Waals surface area contributed by atoms with E-state index in [1.54, 1.807) is 22.7 Å². The highest BCUT2D eigenvalue weighted by atomic mass is 32.1. The maximum Gasteiger partial charge on any atom is 0.160 e. The van der Waals surface area contributed by atoms with E-state index in [-0.39, 0.29) is 10.8 Å². The summed E-state index contributed by atoms with van der Waals surface area (Å²) < 4.78 is 34.9. The van der Waals surface area contributed by atoms with Crippen molar-refractivity contribution in [3.63, 3.8) is 0 Å². The molecule has 11 rings (SSSR count). The van der Waals surface area contributed by atoms with Gasteiger partial charge in [0, 0.05) is 73.1 Å². The number of nitrogens with zero attached hydrogens (tertiary/aromatic N) is 4. The molecule has 1 aromatic carbocycles. The number of thiophene rings is 6. The van der Waals surface area contributed by atoms with Crippen LogP contribution in [0, 0.1) is 35.5 Å². The van der Waals surface area contributed by atoms with Crippen LogP contribution in [0.25, 0.3) is 70.9 Å². The van der Waals surface area contributed by atoms with Crippen molar-refractivity contribution < 1.29 is 19.1 Å². The third-order valence-electron chi connectivity index (χ3n) is 21.3. The Morgan fingerprint density at radius 2 is 0.745 bits per heavy atom. The van der Waals surface area contributed by atoms with E-state index >= 15 is 0 Å². The zero-order valence-corrected chi connectivity index (χ0v) is 64.7. The van der Waals surface area contributed by atoms with Crippen LogP contribution >= 0.6 is 79.7 Å². The maximum atomic E-state index is 12.7. The first kappa shape index (κ1) is 71.3. The van der Waals surface area contributed by atoms with E-state index in [0.717, 1.165) is 138 Å². The molecule has 0 saturated carbocycles. The quantitative estimate of drug-likeness (QED) is 0.0355. The molecule has 6 unspecified atom stereocenters. The minimum absolute atomic E-state index is 0.204. The van der Waals surface area contributed by atoms with Gasteiger partial charge in [0.2, 0.25) is 0 Å². The Labute approximate surface area is 594 Å². The molecule has 506 valence electrons. The van der Waals surface area contributed by atoms with Crippen LogP contribution in [0.5, 0.6) is 11.5 Å². The number of aldehydes is 2. The molecule has 8 heterocycles. The van der Waals surface area contributed by atoms with Crippen LogP contribution < -0.4 is 9.47 Å². The lowest BCUT2D eigenvalue weighted by Gasteiger charge is -2.37. The highest BCUT2D eigenvalue weighted by Crippen LogP contribution is 2.67. The molecule has 0 bridgehead atoms. The monoisotopic (exact) mass is 1410 g/mol. The normalized spacial score (nSPS) is 17.7. The van der Waals surface area contributed by atoms with E-state index in [4.69, 9.17) is 26.9 Å². The number of carbonyl (C=O) groups is 2. The predicted octanol–water partition coefficient (Wildman–Crippen LogP) is 27.7. The van der Waals surface area contributed by atoms with Gasteiger partial charge in [-0.25, -0.2) is 0 Å². The number of rotatable bonds is 40. The number of fused-ring (bicyclic) bond motifs is 8. The minimum Gasteiger partial charge on any atom is -0.492 e. The van der Waals surface area contributed by atoms with Crippen LogP contribution in [0.2, 0.25) is 0 Å². The summed E-state index contributed by atoms with van der Waals surface area (Å²) in [6.07, 6.45) is 29.9. The van der Waals surface area contributed by atoms with Gasteiger partial charge in [-0.1, -0.05) is 199 Å². The molecule has 2 aliphatic carbocycles. The maximum absolute atomic E-state index is 12.7. The highest BCUT2D eigenvalue weighted by Gasteiger charge is 2.51. The molecule has 8 nitrogen and oxygen atoms in total. The van der Waals surface area contributed by atoms with Crippen molar-refractivity contribution in [2.24, 2.45) is 44.2 Å². The Morgan fingerprint density at radius 3 is 1.07 bits per heavy atom. The summed E-state index contributed by atoms with van der Waals surface area (Å²) >= 11 is 13.5. The number of unbranched alkanes of at least 4 members (excludes halogenated alkanes) is 5. The number of hydrogen-bond acceptors (Lipinski definition) is 15. The number of aromatic nitrogens is 2. The largest absolute Gasteiger partial charge is 0.492 e. The lowest BCUT2D eigenvalue weighted by Crippen LogP contribution is -2.31. The fourth-order valence-electron chi connectivity index (χ4n) is 15.9. The topological polar surface area (TPSA) is 103 Å². The molecule has 0 fully saturated rings. The van der Waals surface area contributed by atoms with Crippen molar-refractivity contribution >= 4 is 126 Å². The van der Waals surface area contributed by atoms with Crippen molar-refractivity contribution in [1.82, 2.24) is 8.75 Å². The molecule has 0 amide bonds. The van der Waals surface area contributed by atoms with Gasteiger partial charge in [-0.3, -0.25) is 9.59 Å². The molecule has 8 aromatic rings. The summed E-state index contributed by atoms with van der Waals surface area (Å²) in [6.45, 7) is 29.5. The number of hydrogen-bond donors (Lipinski definition) is 0. The predicted molar refractivity (Wildman–Crippen MR) is 412 cm³/mol. The second kappa shape index (κ2) is 32.3. The lowest BCUT2D eigenvalue weighted by atomic mass is 9.65. The van der Waals surface area contributed by atoms with Crippen molar-refractivity contribution in [1.29, 1.82) is 0 Å². The summed E-state index contributed by atoms with van der Waals surface area (Å²) in [5, 5.41) is 0. The van der Waals surface area contributed by atoms with E-state index < -0.39 is 0 Å². The molecule has 0 saturated heterocycles. The Morgan fingerprint density at radius 1 is 0.415 bits per heavy atom. The van der Waals surface area contributed by atoms with Crippen LogP contribution in [0.3, 0.4) is 0 Å². The van der Waals surface area contributed by atoms with Crippen LogP contribution in [-0.2, 0) is 22.2 Å². The molecular weight excluding hydrogens is 1310 g/mol. The minimum atomic E-state index is -0.207. The second-order valence-corrected chi connectivity index (χ2v) is 35.5. The van der Waals surface area contributed by atoms with Gasteiger partial charge >= 0.3 is 0 Å². The molecule has 1 aliphatic heterocycles. The first-order valence-corrected chi connectivity index (χ1v) is 42.6. The van der Waals surface area contributed by atoms with E-state index in [9.17, 15) is 9.59 Å². The van der Waals surface area contributed by atoms with Crippen molar-refractivity contribution in [2.45, 2.75) is 248 Å². The second-order valence-electron chi connectivity index (χ2n) is 28.1. The first-order chi connectivity index (χ1) is 45.8. The zero-order chi connectivity index (χ0) is 66.3. The molecule has 7 aromatic heterocycles. The summed E-state index contributed by atoms with van der Waals surface area (Å²) in [5.74, 6) is 4.80. The van der Waals surface area contributed by atoms with Gasteiger partial charge < -0.3 is 9.47 Å². The smallest absolute Gasteiger partial charge is 0.160 e. The number of ether oxygens (including phenoxy) is 2. The molecule has 94 heavy (non-hydrogen) atoms. The molecule has 0 N–H and O–H groups in total. The lowest BCUT2D eigenvalue weighted by molar-refractivity contribution is 0.111. The van der Waals surface area contributed by atoms with E-state index in [0.29, 0.717) is 58.5 Å². The van der Waals surface area contributed by atoms with Crippen molar-refractivity contribution in [3.05, 3.63) is 68.4 Å². The molecule has 3 aliphatic rings. The van der Waals surface area contributed by atoms with Gasteiger partial charge in [0.05, 0.1) is 55.8 Å². The van der Waals surface area contributed by atoms with E-state index in [1.807, 2.05) is 57.5 Å². The van der Waals surface area contributed by atoms with E-state index in [2.05, 4.69) is 107 Å². The van der Waals surface area contributed by atoms with Gasteiger partial charge in [-0.15, -0.1) is 68.0 Å². The standard InChI is InChI=1S/C78H102N4O4S8/c1-13-23-28-48(18-6)40-77(39-47(11)12)55-35-61(89-71(55)73-57(77)37-63(91-73)75-59(33-53(43-83)87-75)85-45-51(21-9)31-26-16-4)65-67-69(81-93-79-67)66(70-68(65)80-94-82-70)62-36-56-72(90-62)74-58(78(56,41-49(19-7)29-24-14-2)42-50(20-8)30-25-15-3)38-64(92-74)76-60(34-54(44-84)88-76)86-46-52(22-10)32-27-17-5/h33-38,43-44,47-52H,13-32,39-42,45-46H2,1-12H3. The van der Waals surface area contributed by atoms with Gasteiger partial charge in [0.25, 0.3) is 0 Å². The van der Waals surface area contributed by atoms with Crippen molar-refractivity contribution in [2.75, 3.05) is 13.2 Å². The summed E-state index contributed by atoms with van der Waals surface area (Å²) in [5.41, 5.74) is 11.2. The molecule has 0 spiro atoms. The summed E-state index contributed by atoms with van der Waals surface area (Å²) in [6, 6.07) is 14.2. The molecule has 6 atom stereocenters. The Kier molecular flexibility index (Phi) is 24.5. The van der Waals surface area contributed by atoms with Crippen LogP contribution in [0.15, 0.2) is 45.1 Å². The summed E-state index contributed by atoms with van der Waals surface area (Å²) in [4.78, 5) is 39.1. The molecule has 16 heteroatoms. The Balaban J connectivity index is 1.07. The van der Waals surface area contributed by atoms with Gasteiger partial charge in [0.1, 0.15) is 33.9 Å². The van der Waals surface area contributed by atoms with Crippen molar-refractivity contribution in [3.8, 4) is 71.4 Å². The van der Waals surface area contributed by atoms with Crippen LogP contribution in [0.1, 0.15) is 279 Å². The average Bonchev–Trinajstić information content (AvgIpc) is 1.54. The first-order valence-electron chi connectivity index (χ1n) is 36.2. The SMILES string of the molecule is CCCCC(CC)COc1cc(C=O)sc1-c1cc2c(s1)-c1sc(-c3c4c(c(-c5cc6c(s5)-c5sc(-c7sc(C=O)cc7OCC(CC)CCCC)cc5C6(CC(CC)CCCC)CC(CC)CCCC)c5nsnc35)N=S=N4)cc1C2(CC(C)C)CC(CC)CCCC. The van der Waals surface area contributed by atoms with Crippen LogP contribution in [-0.4, -0.2) is 34.5 Å². The zero-order valence-electron chi connectivity index (χ0n) is 58.2. The number of benzene rings is 1. The average molecular weight is 1420 g/mol.